The normalized spacial score (nSPS) is 24.3. The van der Waals surface area contributed by atoms with Crippen molar-refractivity contribution in [3.63, 3.8) is 0 Å². The molecule has 7 nitrogen and oxygen atoms in total. The van der Waals surface area contributed by atoms with Crippen LogP contribution in [-0.2, 0) is 23.6 Å². The molecule has 0 saturated carbocycles. The Hall–Kier alpha value is -0.925. The molecule has 1 unspecified atom stereocenters. The maximum Gasteiger partial charge on any atom is 0.492 e. The number of carbonyl (C=O) groups excluding carboxylic acids is 1. The summed E-state index contributed by atoms with van der Waals surface area (Å²) in [5.41, 5.74) is -0.278. The number of esters is 1. The van der Waals surface area contributed by atoms with Crippen molar-refractivity contribution in [3.8, 4) is 0 Å². The summed E-state index contributed by atoms with van der Waals surface area (Å²) in [6.45, 7) is 16.4. The molecule has 1 atom stereocenters. The lowest BCUT2D eigenvalue weighted by Gasteiger charge is -2.36. The number of rotatable bonds is 5. The Morgan fingerprint density at radius 3 is 2.30 bits per heavy atom. The van der Waals surface area contributed by atoms with Crippen molar-refractivity contribution in [2.75, 3.05) is 19.7 Å². The summed E-state index contributed by atoms with van der Waals surface area (Å²) in [6, 6.07) is 0. The van der Waals surface area contributed by atoms with Crippen molar-refractivity contribution < 1.29 is 28.7 Å². The van der Waals surface area contributed by atoms with Crippen molar-refractivity contribution in [1.29, 1.82) is 0 Å². The van der Waals surface area contributed by atoms with Gasteiger partial charge in [-0.05, 0) is 67.3 Å². The third-order valence-electron chi connectivity index (χ3n) is 5.24. The quantitative estimate of drug-likeness (QED) is 0.443. The van der Waals surface area contributed by atoms with Crippen LogP contribution in [0.1, 0.15) is 61.8 Å². The average molecular weight is 383 g/mol. The van der Waals surface area contributed by atoms with Crippen molar-refractivity contribution in [1.82, 2.24) is 4.90 Å². The van der Waals surface area contributed by atoms with Gasteiger partial charge in [-0.2, -0.15) is 0 Å². The Bertz CT molecular complexity index is 579. The molecule has 2 rings (SSSR count). The second kappa shape index (κ2) is 7.83. The molecule has 0 spiro atoms. The summed E-state index contributed by atoms with van der Waals surface area (Å²) in [4.78, 5) is 14.3. The van der Waals surface area contributed by atoms with Gasteiger partial charge in [0.15, 0.2) is 0 Å². The largest absolute Gasteiger partial charge is 0.492 e. The standard InChI is InChI=1S/C19H34BNO6/c1-9-24-15(22)13-10-11-21(16(23)25-17(2,3)4)12-14(13)20-26-18(5,6)19(7,8)27-20/h16,23H,9-12H2,1-8H3. The van der Waals surface area contributed by atoms with E-state index < -0.39 is 30.3 Å². The maximum absolute atomic E-state index is 12.5. The van der Waals surface area contributed by atoms with Gasteiger partial charge in [0.2, 0.25) is 6.41 Å². The topological polar surface area (TPSA) is 77.5 Å². The number of aliphatic hydroxyl groups is 1. The lowest BCUT2D eigenvalue weighted by molar-refractivity contribution is -0.237. The minimum absolute atomic E-state index is 0.304. The van der Waals surface area contributed by atoms with Crippen LogP contribution in [0.15, 0.2) is 11.0 Å². The van der Waals surface area contributed by atoms with Gasteiger partial charge in [0.1, 0.15) is 0 Å². The van der Waals surface area contributed by atoms with Crippen LogP contribution >= 0.6 is 0 Å². The van der Waals surface area contributed by atoms with E-state index in [1.165, 1.54) is 0 Å². The second-order valence-corrected chi connectivity index (χ2v) is 9.09. The van der Waals surface area contributed by atoms with E-state index in [-0.39, 0.29) is 5.97 Å². The van der Waals surface area contributed by atoms with Gasteiger partial charge in [-0.3, -0.25) is 4.90 Å². The molecule has 0 bridgehead atoms. The maximum atomic E-state index is 12.5. The lowest BCUT2D eigenvalue weighted by Crippen LogP contribution is -2.48. The zero-order chi connectivity index (χ0) is 20.6. The zero-order valence-electron chi connectivity index (χ0n) is 17.9. The van der Waals surface area contributed by atoms with E-state index in [0.717, 1.165) is 0 Å². The smallest absolute Gasteiger partial charge is 0.463 e. The first kappa shape index (κ1) is 22.4. The van der Waals surface area contributed by atoms with Crippen LogP contribution in [0, 0.1) is 0 Å². The van der Waals surface area contributed by atoms with E-state index in [4.69, 9.17) is 18.8 Å². The van der Waals surface area contributed by atoms with E-state index in [2.05, 4.69) is 0 Å². The van der Waals surface area contributed by atoms with Crippen molar-refractivity contribution >= 4 is 13.1 Å². The minimum Gasteiger partial charge on any atom is -0.463 e. The van der Waals surface area contributed by atoms with Gasteiger partial charge in [0, 0.05) is 18.7 Å². The van der Waals surface area contributed by atoms with Gasteiger partial charge in [-0.1, -0.05) is 0 Å². The highest BCUT2D eigenvalue weighted by Crippen LogP contribution is 2.40. The Balaban J connectivity index is 2.29. The van der Waals surface area contributed by atoms with Crippen LogP contribution in [0.25, 0.3) is 0 Å². The molecule has 0 amide bonds. The molecular weight excluding hydrogens is 349 g/mol. The molecule has 0 radical (unpaired) electrons. The molecule has 1 fully saturated rings. The van der Waals surface area contributed by atoms with Gasteiger partial charge in [0.05, 0.1) is 23.4 Å². The Kier molecular flexibility index (Phi) is 6.49. The molecule has 0 aromatic heterocycles. The monoisotopic (exact) mass is 383 g/mol. The fourth-order valence-corrected chi connectivity index (χ4v) is 3.04. The summed E-state index contributed by atoms with van der Waals surface area (Å²) in [5.74, 6) is -0.354. The summed E-state index contributed by atoms with van der Waals surface area (Å²) in [5, 5.41) is 10.5. The summed E-state index contributed by atoms with van der Waals surface area (Å²) in [6.07, 6.45) is -0.644. The Morgan fingerprint density at radius 1 is 1.26 bits per heavy atom. The van der Waals surface area contributed by atoms with Gasteiger partial charge in [-0.15, -0.1) is 0 Å². The molecule has 27 heavy (non-hydrogen) atoms. The average Bonchev–Trinajstić information content (AvgIpc) is 2.73. The van der Waals surface area contributed by atoms with Gasteiger partial charge in [-0.25, -0.2) is 4.79 Å². The van der Waals surface area contributed by atoms with Crippen LogP contribution < -0.4 is 0 Å². The SMILES string of the molecule is CCOC(=O)C1=C(B2OC(C)(C)C(C)(C)O2)CN(C(O)OC(C)(C)C)CC1. The molecule has 0 aromatic rings. The second-order valence-electron chi connectivity index (χ2n) is 9.09. The molecule has 8 heteroatoms. The fraction of sp³-hybridized carbons (Fsp3) is 0.842. The number of ether oxygens (including phenoxy) is 2. The highest BCUT2D eigenvalue weighted by atomic mass is 16.7. The minimum atomic E-state index is -1.08. The summed E-state index contributed by atoms with van der Waals surface area (Å²) < 4.78 is 23.2. The first-order valence-electron chi connectivity index (χ1n) is 9.62. The van der Waals surface area contributed by atoms with Crippen LogP contribution in [0.4, 0.5) is 0 Å². The van der Waals surface area contributed by atoms with Crippen molar-refractivity contribution in [2.24, 2.45) is 0 Å². The number of hydrogen-bond donors (Lipinski definition) is 1. The molecule has 1 saturated heterocycles. The predicted octanol–water partition coefficient (Wildman–Crippen LogP) is 2.27. The fourth-order valence-electron chi connectivity index (χ4n) is 3.04. The number of nitrogens with zero attached hydrogens (tertiary/aromatic N) is 1. The van der Waals surface area contributed by atoms with E-state index >= 15 is 0 Å². The van der Waals surface area contributed by atoms with Crippen LogP contribution in [-0.4, -0.2) is 66.0 Å². The zero-order valence-corrected chi connectivity index (χ0v) is 17.9. The van der Waals surface area contributed by atoms with Crippen molar-refractivity contribution in [2.45, 2.75) is 85.0 Å². The van der Waals surface area contributed by atoms with Crippen molar-refractivity contribution in [3.05, 3.63) is 11.0 Å². The van der Waals surface area contributed by atoms with Gasteiger partial charge in [0.25, 0.3) is 0 Å². The Morgan fingerprint density at radius 2 is 1.81 bits per heavy atom. The number of carbonyl (C=O) groups is 1. The molecule has 0 aromatic carbocycles. The molecule has 0 aliphatic carbocycles. The highest BCUT2D eigenvalue weighted by Gasteiger charge is 2.54. The summed E-state index contributed by atoms with van der Waals surface area (Å²) in [7, 11) is -0.668. The Labute approximate surface area is 163 Å². The molecule has 2 heterocycles. The number of hydrogen-bond acceptors (Lipinski definition) is 7. The third kappa shape index (κ3) is 5.12. The molecule has 154 valence electrons. The summed E-state index contributed by atoms with van der Waals surface area (Å²) >= 11 is 0. The van der Waals surface area contributed by atoms with E-state index in [1.54, 1.807) is 11.8 Å². The third-order valence-corrected chi connectivity index (χ3v) is 5.24. The van der Waals surface area contributed by atoms with Crippen LogP contribution in [0.2, 0.25) is 0 Å². The van der Waals surface area contributed by atoms with E-state index in [1.807, 2.05) is 48.5 Å². The predicted molar refractivity (Wildman–Crippen MR) is 103 cm³/mol. The molecular formula is C19H34BNO6. The van der Waals surface area contributed by atoms with Crippen LogP contribution in [0.5, 0.6) is 0 Å². The van der Waals surface area contributed by atoms with E-state index in [0.29, 0.717) is 37.2 Å². The highest BCUT2D eigenvalue weighted by molar-refractivity contribution is 6.55. The first-order valence-corrected chi connectivity index (χ1v) is 9.62. The first-order chi connectivity index (χ1) is 12.3. The lowest BCUT2D eigenvalue weighted by atomic mass is 9.72. The number of aliphatic hydroxyl groups excluding tert-OH is 1. The van der Waals surface area contributed by atoms with Crippen LogP contribution in [0.3, 0.4) is 0 Å². The van der Waals surface area contributed by atoms with Gasteiger partial charge < -0.3 is 23.9 Å². The molecule has 2 aliphatic rings. The molecule has 1 N–H and O–H groups in total. The van der Waals surface area contributed by atoms with Gasteiger partial charge >= 0.3 is 13.1 Å². The van der Waals surface area contributed by atoms with E-state index in [9.17, 15) is 9.90 Å². The molecule has 2 aliphatic heterocycles.